The van der Waals surface area contributed by atoms with E-state index in [1.165, 1.54) is 0 Å². The zero-order chi connectivity index (χ0) is 19.3. The molecule has 2 aromatic rings. The van der Waals surface area contributed by atoms with Gasteiger partial charge in [-0.2, -0.15) is 0 Å². The molecule has 0 fully saturated rings. The van der Waals surface area contributed by atoms with Gasteiger partial charge in [0.25, 0.3) is 0 Å². The number of halogens is 1. The van der Waals surface area contributed by atoms with Gasteiger partial charge in [0.2, 0.25) is 0 Å². The SMILES string of the molecule is CC[C@H](C)N(Cc1cccn1Cc1ccccc1Cl)C(=O)NC(C)(C)C. The second-order valence-electron chi connectivity index (χ2n) is 7.78. The molecule has 2 rings (SSSR count). The van der Waals surface area contributed by atoms with Crippen molar-refractivity contribution in [2.45, 2.75) is 65.7 Å². The Morgan fingerprint density at radius 1 is 1.23 bits per heavy atom. The van der Waals surface area contributed by atoms with Crippen LogP contribution in [-0.2, 0) is 13.1 Å². The third kappa shape index (κ3) is 5.53. The molecule has 0 aliphatic rings. The molecule has 0 saturated carbocycles. The van der Waals surface area contributed by atoms with Gasteiger partial charge in [0.1, 0.15) is 0 Å². The van der Waals surface area contributed by atoms with Crippen molar-refractivity contribution >= 4 is 17.6 Å². The maximum Gasteiger partial charge on any atom is 0.318 e. The largest absolute Gasteiger partial charge is 0.345 e. The van der Waals surface area contributed by atoms with Crippen LogP contribution in [0.2, 0.25) is 5.02 Å². The number of carbonyl (C=O) groups excluding carboxylic acids is 1. The van der Waals surface area contributed by atoms with Crippen LogP contribution in [0.1, 0.15) is 52.3 Å². The molecule has 5 heteroatoms. The number of aromatic nitrogens is 1. The highest BCUT2D eigenvalue weighted by Crippen LogP contribution is 2.19. The Balaban J connectivity index is 2.20. The molecule has 1 aromatic carbocycles. The second-order valence-corrected chi connectivity index (χ2v) is 8.19. The van der Waals surface area contributed by atoms with E-state index in [4.69, 9.17) is 11.6 Å². The number of rotatable bonds is 6. The first-order valence-corrected chi connectivity index (χ1v) is 9.55. The summed E-state index contributed by atoms with van der Waals surface area (Å²) in [6.45, 7) is 11.4. The number of urea groups is 1. The molecule has 1 atom stereocenters. The minimum Gasteiger partial charge on any atom is -0.345 e. The fourth-order valence-electron chi connectivity index (χ4n) is 2.77. The Hall–Kier alpha value is -1.94. The third-order valence-corrected chi connectivity index (χ3v) is 4.79. The molecular formula is C21H30ClN3O. The van der Waals surface area contributed by atoms with Gasteiger partial charge >= 0.3 is 6.03 Å². The maximum atomic E-state index is 12.8. The molecule has 0 bridgehead atoms. The predicted octanol–water partition coefficient (Wildman–Crippen LogP) is 5.30. The zero-order valence-electron chi connectivity index (χ0n) is 16.4. The molecule has 0 spiro atoms. The van der Waals surface area contributed by atoms with Gasteiger partial charge in [-0.05, 0) is 57.9 Å². The zero-order valence-corrected chi connectivity index (χ0v) is 17.2. The summed E-state index contributed by atoms with van der Waals surface area (Å²) >= 11 is 6.31. The highest BCUT2D eigenvalue weighted by Gasteiger charge is 2.24. The van der Waals surface area contributed by atoms with Crippen LogP contribution in [0.5, 0.6) is 0 Å². The van der Waals surface area contributed by atoms with Gasteiger partial charge in [0.05, 0.1) is 6.54 Å². The molecule has 26 heavy (non-hydrogen) atoms. The summed E-state index contributed by atoms with van der Waals surface area (Å²) in [5.74, 6) is 0. The van der Waals surface area contributed by atoms with Gasteiger partial charge in [-0.1, -0.05) is 36.7 Å². The Kier molecular flexibility index (Phi) is 6.76. The van der Waals surface area contributed by atoms with E-state index in [-0.39, 0.29) is 17.6 Å². The smallest absolute Gasteiger partial charge is 0.318 e. The Morgan fingerprint density at radius 3 is 2.54 bits per heavy atom. The molecule has 0 aliphatic carbocycles. The molecule has 0 aliphatic heterocycles. The van der Waals surface area contributed by atoms with Crippen LogP contribution in [0.3, 0.4) is 0 Å². The third-order valence-electron chi connectivity index (χ3n) is 4.42. The number of nitrogens with one attached hydrogen (secondary N) is 1. The number of hydrogen-bond acceptors (Lipinski definition) is 1. The molecule has 1 heterocycles. The quantitative estimate of drug-likeness (QED) is 0.730. The Labute approximate surface area is 162 Å². The minimum atomic E-state index is -0.262. The predicted molar refractivity (Wildman–Crippen MR) is 109 cm³/mol. The first kappa shape index (κ1) is 20.4. The lowest BCUT2D eigenvalue weighted by molar-refractivity contribution is 0.163. The van der Waals surface area contributed by atoms with Crippen LogP contribution < -0.4 is 5.32 Å². The van der Waals surface area contributed by atoms with Crippen LogP contribution in [0.15, 0.2) is 42.6 Å². The summed E-state index contributed by atoms with van der Waals surface area (Å²) in [5.41, 5.74) is 1.90. The van der Waals surface area contributed by atoms with E-state index in [2.05, 4.69) is 29.8 Å². The van der Waals surface area contributed by atoms with Crippen molar-refractivity contribution in [2.24, 2.45) is 0 Å². The summed E-state index contributed by atoms with van der Waals surface area (Å²) in [4.78, 5) is 14.7. The molecule has 4 nitrogen and oxygen atoms in total. The Morgan fingerprint density at radius 2 is 1.92 bits per heavy atom. The highest BCUT2D eigenvalue weighted by molar-refractivity contribution is 6.31. The van der Waals surface area contributed by atoms with Gasteiger partial charge in [-0.15, -0.1) is 0 Å². The van der Waals surface area contributed by atoms with Crippen molar-refractivity contribution in [3.05, 3.63) is 58.9 Å². The van der Waals surface area contributed by atoms with Gasteiger partial charge in [0.15, 0.2) is 0 Å². The topological polar surface area (TPSA) is 37.3 Å². The number of amides is 2. The van der Waals surface area contributed by atoms with Gasteiger partial charge in [0, 0.05) is 35.0 Å². The van der Waals surface area contributed by atoms with Crippen molar-refractivity contribution in [1.82, 2.24) is 14.8 Å². The molecule has 1 N–H and O–H groups in total. The van der Waals surface area contributed by atoms with Crippen molar-refractivity contribution in [3.8, 4) is 0 Å². The fourth-order valence-corrected chi connectivity index (χ4v) is 2.97. The first-order chi connectivity index (χ1) is 12.2. The van der Waals surface area contributed by atoms with Gasteiger partial charge < -0.3 is 14.8 Å². The molecule has 1 aromatic heterocycles. The van der Waals surface area contributed by atoms with E-state index in [9.17, 15) is 4.79 Å². The van der Waals surface area contributed by atoms with Crippen LogP contribution >= 0.6 is 11.6 Å². The van der Waals surface area contributed by atoms with Crippen LogP contribution in [0.25, 0.3) is 0 Å². The summed E-state index contributed by atoms with van der Waals surface area (Å²) in [6, 6.07) is 12.1. The molecule has 2 amide bonds. The van der Waals surface area contributed by atoms with Crippen LogP contribution in [0, 0.1) is 0 Å². The van der Waals surface area contributed by atoms with E-state index < -0.39 is 0 Å². The number of nitrogens with zero attached hydrogens (tertiary/aromatic N) is 2. The highest BCUT2D eigenvalue weighted by atomic mass is 35.5. The maximum absolute atomic E-state index is 12.8. The lowest BCUT2D eigenvalue weighted by atomic mass is 10.1. The van der Waals surface area contributed by atoms with Crippen molar-refractivity contribution in [3.63, 3.8) is 0 Å². The summed E-state index contributed by atoms with van der Waals surface area (Å²) in [6.07, 6.45) is 2.94. The van der Waals surface area contributed by atoms with Crippen molar-refractivity contribution < 1.29 is 4.79 Å². The lowest BCUT2D eigenvalue weighted by Crippen LogP contribution is -2.51. The molecule has 0 radical (unpaired) electrons. The number of benzene rings is 1. The average molecular weight is 376 g/mol. The van der Waals surface area contributed by atoms with Crippen LogP contribution in [0.4, 0.5) is 4.79 Å². The summed E-state index contributed by atoms with van der Waals surface area (Å²) in [7, 11) is 0. The van der Waals surface area contributed by atoms with E-state index >= 15 is 0 Å². The van der Waals surface area contributed by atoms with Crippen molar-refractivity contribution in [2.75, 3.05) is 0 Å². The Bertz CT molecular complexity index is 733. The average Bonchev–Trinajstić information content (AvgIpc) is 2.99. The van der Waals surface area contributed by atoms with E-state index in [0.717, 1.165) is 22.7 Å². The van der Waals surface area contributed by atoms with E-state index in [1.54, 1.807) is 0 Å². The minimum absolute atomic E-state index is 0.0302. The fraction of sp³-hybridized carbons (Fsp3) is 0.476. The van der Waals surface area contributed by atoms with Gasteiger partial charge in [-0.25, -0.2) is 4.79 Å². The first-order valence-electron chi connectivity index (χ1n) is 9.17. The molecule has 0 saturated heterocycles. The standard InChI is InChI=1S/C21H30ClN3O/c1-6-16(2)25(20(26)23-21(3,4)5)15-18-11-9-13-24(18)14-17-10-7-8-12-19(17)22/h7-13,16H,6,14-15H2,1-5H3,(H,23,26)/t16-/m0/s1. The van der Waals surface area contributed by atoms with Crippen molar-refractivity contribution in [1.29, 1.82) is 0 Å². The normalized spacial score (nSPS) is 12.7. The van der Waals surface area contributed by atoms with E-state index in [0.29, 0.717) is 13.1 Å². The molecule has 142 valence electrons. The molecule has 0 unspecified atom stereocenters. The lowest BCUT2D eigenvalue weighted by Gasteiger charge is -2.32. The van der Waals surface area contributed by atoms with E-state index in [1.807, 2.05) is 62.2 Å². The monoisotopic (exact) mass is 375 g/mol. The summed E-state index contributed by atoms with van der Waals surface area (Å²) in [5, 5.41) is 3.84. The molecular weight excluding hydrogens is 346 g/mol. The number of hydrogen-bond donors (Lipinski definition) is 1. The van der Waals surface area contributed by atoms with Gasteiger partial charge in [-0.3, -0.25) is 0 Å². The second kappa shape index (κ2) is 8.63. The number of carbonyl (C=O) groups is 1. The summed E-state index contributed by atoms with van der Waals surface area (Å²) < 4.78 is 2.15. The van der Waals surface area contributed by atoms with Crippen LogP contribution in [-0.4, -0.2) is 27.1 Å².